The Morgan fingerprint density at radius 3 is 3.00 bits per heavy atom. The van der Waals surface area contributed by atoms with Crippen molar-refractivity contribution in [2.45, 2.75) is 26.4 Å². The molecule has 0 saturated carbocycles. The van der Waals surface area contributed by atoms with Crippen molar-refractivity contribution in [3.05, 3.63) is 51.9 Å². The molecule has 1 unspecified atom stereocenters. The summed E-state index contributed by atoms with van der Waals surface area (Å²) in [4.78, 5) is 18.1. The number of aromatic nitrogens is 1. The van der Waals surface area contributed by atoms with E-state index in [9.17, 15) is 9.18 Å². The van der Waals surface area contributed by atoms with Crippen molar-refractivity contribution in [3.8, 4) is 0 Å². The van der Waals surface area contributed by atoms with E-state index in [0.29, 0.717) is 17.9 Å². The number of hydrogen-bond acceptors (Lipinski definition) is 4. The average molecular weight is 347 g/mol. The minimum Gasteiger partial charge on any atom is -0.459 e. The molecule has 0 aliphatic heterocycles. The minimum atomic E-state index is -0.327. The van der Waals surface area contributed by atoms with Crippen LogP contribution in [0.4, 0.5) is 9.18 Å². The molecule has 1 atom stereocenters. The number of thiazole rings is 1. The molecule has 0 saturated heterocycles. The quantitative estimate of drug-likeness (QED) is 0.768. The molecule has 126 valence electrons. The summed E-state index contributed by atoms with van der Waals surface area (Å²) in [7, 11) is 1.71. The van der Waals surface area contributed by atoms with Crippen molar-refractivity contribution in [3.63, 3.8) is 0 Å². The highest BCUT2D eigenvalue weighted by atomic mass is 32.1. The summed E-state index contributed by atoms with van der Waals surface area (Å²) in [5.41, 5.74) is 1.45. The van der Waals surface area contributed by atoms with Gasteiger partial charge >= 0.3 is 6.03 Å². The SMILES string of the molecule is Cc1c(C(C)NC(=O)N(C)Cc2nccs2)oc2ccc(F)cc12. The molecule has 0 aliphatic rings. The van der Waals surface area contributed by atoms with Gasteiger partial charge in [0.15, 0.2) is 0 Å². The maximum atomic E-state index is 13.4. The van der Waals surface area contributed by atoms with Gasteiger partial charge in [0.25, 0.3) is 0 Å². The summed E-state index contributed by atoms with van der Waals surface area (Å²) < 4.78 is 19.2. The van der Waals surface area contributed by atoms with E-state index in [1.54, 1.807) is 24.2 Å². The highest BCUT2D eigenvalue weighted by Gasteiger charge is 2.20. The van der Waals surface area contributed by atoms with Crippen LogP contribution in [0.3, 0.4) is 0 Å². The normalized spacial score (nSPS) is 12.3. The second kappa shape index (κ2) is 6.60. The minimum absolute atomic E-state index is 0.219. The lowest BCUT2D eigenvalue weighted by atomic mass is 10.1. The second-order valence-electron chi connectivity index (χ2n) is 5.68. The van der Waals surface area contributed by atoms with Gasteiger partial charge in [0, 0.05) is 29.6 Å². The van der Waals surface area contributed by atoms with Crippen LogP contribution in [-0.2, 0) is 6.54 Å². The number of nitrogens with zero attached hydrogens (tertiary/aromatic N) is 2. The summed E-state index contributed by atoms with van der Waals surface area (Å²) in [6.45, 7) is 4.15. The van der Waals surface area contributed by atoms with Crippen molar-refractivity contribution in [1.82, 2.24) is 15.2 Å². The third-order valence-electron chi connectivity index (χ3n) is 3.87. The van der Waals surface area contributed by atoms with Crippen LogP contribution in [0.25, 0.3) is 11.0 Å². The van der Waals surface area contributed by atoms with E-state index in [0.717, 1.165) is 16.0 Å². The zero-order valence-corrected chi connectivity index (χ0v) is 14.5. The highest BCUT2D eigenvalue weighted by Crippen LogP contribution is 2.30. The third kappa shape index (κ3) is 3.26. The van der Waals surface area contributed by atoms with Gasteiger partial charge in [0.1, 0.15) is 22.2 Å². The van der Waals surface area contributed by atoms with Crippen LogP contribution in [-0.4, -0.2) is 23.0 Å². The van der Waals surface area contributed by atoms with Crippen LogP contribution in [0.5, 0.6) is 0 Å². The number of urea groups is 1. The summed E-state index contributed by atoms with van der Waals surface area (Å²) in [6.07, 6.45) is 1.71. The summed E-state index contributed by atoms with van der Waals surface area (Å²) >= 11 is 1.50. The van der Waals surface area contributed by atoms with Gasteiger partial charge in [0.2, 0.25) is 0 Å². The molecule has 3 aromatic rings. The van der Waals surface area contributed by atoms with Crippen molar-refractivity contribution in [2.24, 2.45) is 0 Å². The number of halogens is 1. The van der Waals surface area contributed by atoms with Crippen molar-refractivity contribution in [1.29, 1.82) is 0 Å². The maximum Gasteiger partial charge on any atom is 0.318 e. The van der Waals surface area contributed by atoms with E-state index < -0.39 is 0 Å². The van der Waals surface area contributed by atoms with Crippen LogP contribution in [0.15, 0.2) is 34.2 Å². The van der Waals surface area contributed by atoms with E-state index in [1.807, 2.05) is 19.2 Å². The monoisotopic (exact) mass is 347 g/mol. The molecular formula is C17H18FN3O2S. The fourth-order valence-electron chi connectivity index (χ4n) is 2.59. The van der Waals surface area contributed by atoms with Gasteiger partial charge in [-0.15, -0.1) is 11.3 Å². The number of carbonyl (C=O) groups excluding carboxylic acids is 1. The van der Waals surface area contributed by atoms with E-state index >= 15 is 0 Å². The summed E-state index contributed by atoms with van der Waals surface area (Å²) in [5, 5.41) is 6.37. The summed E-state index contributed by atoms with van der Waals surface area (Å²) in [5.74, 6) is 0.324. The fraction of sp³-hybridized carbons (Fsp3) is 0.294. The van der Waals surface area contributed by atoms with E-state index in [4.69, 9.17) is 4.42 Å². The standard InChI is InChI=1S/C17H18FN3O2S/c1-10-13-8-12(18)4-5-14(13)23-16(10)11(2)20-17(22)21(3)9-15-19-6-7-24-15/h4-8,11H,9H2,1-3H3,(H,20,22). The topological polar surface area (TPSA) is 58.4 Å². The number of furan rings is 1. The molecule has 2 amide bonds. The molecule has 0 bridgehead atoms. The molecule has 2 aromatic heterocycles. The second-order valence-corrected chi connectivity index (χ2v) is 6.66. The van der Waals surface area contributed by atoms with Gasteiger partial charge in [-0.1, -0.05) is 0 Å². The first-order valence-electron chi connectivity index (χ1n) is 7.54. The molecule has 0 aliphatic carbocycles. The number of carbonyl (C=O) groups is 1. The first-order valence-corrected chi connectivity index (χ1v) is 8.42. The van der Waals surface area contributed by atoms with Gasteiger partial charge < -0.3 is 14.6 Å². The molecule has 24 heavy (non-hydrogen) atoms. The lowest BCUT2D eigenvalue weighted by molar-refractivity contribution is 0.202. The van der Waals surface area contributed by atoms with Crippen LogP contribution in [0.1, 0.15) is 29.3 Å². The molecule has 5 nitrogen and oxygen atoms in total. The Labute approximate surface area is 143 Å². The lowest BCUT2D eigenvalue weighted by Gasteiger charge is -2.20. The van der Waals surface area contributed by atoms with Gasteiger partial charge in [-0.25, -0.2) is 14.2 Å². The highest BCUT2D eigenvalue weighted by molar-refractivity contribution is 7.09. The first kappa shape index (κ1) is 16.4. The van der Waals surface area contributed by atoms with Gasteiger partial charge in [-0.05, 0) is 32.0 Å². The predicted octanol–water partition coefficient (Wildman–Crippen LogP) is 4.24. The lowest BCUT2D eigenvalue weighted by Crippen LogP contribution is -2.38. The zero-order valence-electron chi connectivity index (χ0n) is 13.7. The number of nitrogens with one attached hydrogen (secondary N) is 1. The number of benzene rings is 1. The maximum absolute atomic E-state index is 13.4. The molecule has 0 fully saturated rings. The molecule has 3 rings (SSSR count). The Morgan fingerprint density at radius 1 is 1.50 bits per heavy atom. The van der Waals surface area contributed by atoms with Gasteiger partial charge in [-0.3, -0.25) is 0 Å². The van der Waals surface area contributed by atoms with Crippen LogP contribution in [0.2, 0.25) is 0 Å². The number of fused-ring (bicyclic) bond motifs is 1. The number of aryl methyl sites for hydroxylation is 1. The Morgan fingerprint density at radius 2 is 2.29 bits per heavy atom. The molecule has 0 radical (unpaired) electrons. The summed E-state index contributed by atoms with van der Waals surface area (Å²) in [6, 6.07) is 3.86. The van der Waals surface area contributed by atoms with Crippen LogP contribution in [0, 0.1) is 12.7 Å². The smallest absolute Gasteiger partial charge is 0.318 e. The predicted molar refractivity (Wildman–Crippen MR) is 91.4 cm³/mol. The Hall–Kier alpha value is -2.41. The Balaban J connectivity index is 1.73. The van der Waals surface area contributed by atoms with E-state index in [2.05, 4.69) is 10.3 Å². The molecule has 1 N–H and O–H groups in total. The fourth-order valence-corrected chi connectivity index (χ4v) is 3.26. The van der Waals surface area contributed by atoms with E-state index in [1.165, 1.54) is 23.5 Å². The Bertz CT molecular complexity index is 860. The van der Waals surface area contributed by atoms with Gasteiger partial charge in [0.05, 0.1) is 12.6 Å². The third-order valence-corrected chi connectivity index (χ3v) is 4.64. The van der Waals surface area contributed by atoms with Crippen molar-refractivity contribution in [2.75, 3.05) is 7.05 Å². The van der Waals surface area contributed by atoms with Crippen molar-refractivity contribution < 1.29 is 13.6 Å². The number of rotatable bonds is 4. The molecule has 0 spiro atoms. The molecule has 1 aromatic carbocycles. The van der Waals surface area contributed by atoms with Crippen LogP contribution < -0.4 is 5.32 Å². The number of hydrogen-bond donors (Lipinski definition) is 1. The molecular weight excluding hydrogens is 329 g/mol. The van der Waals surface area contributed by atoms with E-state index in [-0.39, 0.29) is 17.9 Å². The zero-order chi connectivity index (χ0) is 17.3. The molecule has 2 heterocycles. The van der Waals surface area contributed by atoms with Gasteiger partial charge in [-0.2, -0.15) is 0 Å². The first-order chi connectivity index (χ1) is 11.5. The Kier molecular flexibility index (Phi) is 4.53. The van der Waals surface area contributed by atoms with Crippen molar-refractivity contribution >= 4 is 28.3 Å². The average Bonchev–Trinajstić information content (AvgIpc) is 3.16. The van der Waals surface area contributed by atoms with Crippen LogP contribution >= 0.6 is 11.3 Å². The largest absolute Gasteiger partial charge is 0.459 e. The molecule has 7 heteroatoms. The number of amides is 2.